The van der Waals surface area contributed by atoms with Gasteiger partial charge < -0.3 is 18.9 Å². The first-order valence-corrected chi connectivity index (χ1v) is 10.5. The van der Waals surface area contributed by atoms with Crippen molar-refractivity contribution in [2.24, 2.45) is 0 Å². The second-order valence-electron chi connectivity index (χ2n) is 8.12. The van der Waals surface area contributed by atoms with Crippen molar-refractivity contribution in [3.63, 3.8) is 0 Å². The Labute approximate surface area is 186 Å². The molecule has 0 saturated carbocycles. The second kappa shape index (κ2) is 7.55. The van der Waals surface area contributed by atoms with Gasteiger partial charge in [-0.2, -0.15) is 0 Å². The van der Waals surface area contributed by atoms with Gasteiger partial charge >= 0.3 is 11.9 Å². The van der Waals surface area contributed by atoms with Gasteiger partial charge in [0.05, 0.1) is 51.4 Å². The Balaban J connectivity index is 1.82. The van der Waals surface area contributed by atoms with E-state index in [1.807, 2.05) is 48.5 Å². The molecule has 0 fully saturated rings. The van der Waals surface area contributed by atoms with Gasteiger partial charge in [0.25, 0.3) is 0 Å². The van der Waals surface area contributed by atoms with Crippen LogP contribution in [0.3, 0.4) is 0 Å². The Hall–Kier alpha value is -3.54. The Morgan fingerprint density at radius 1 is 0.562 bits per heavy atom. The smallest absolute Gasteiger partial charge is 0.337 e. The van der Waals surface area contributed by atoms with E-state index in [2.05, 4.69) is 0 Å². The molecule has 0 saturated heterocycles. The van der Waals surface area contributed by atoms with E-state index in [0.29, 0.717) is 22.7 Å². The molecule has 3 aliphatic carbocycles. The van der Waals surface area contributed by atoms with E-state index >= 15 is 0 Å². The Kier molecular flexibility index (Phi) is 4.81. The highest BCUT2D eigenvalue weighted by atomic mass is 16.5. The molecule has 5 rings (SSSR count). The molecule has 0 spiro atoms. The molecule has 6 nitrogen and oxygen atoms in total. The first-order valence-electron chi connectivity index (χ1n) is 10.5. The SMILES string of the molecule is COC(=O)C1=C(OC)C2c3ccccc3C3C(C(=O)OC)=C(OC)C3c3ccccc3C12. The molecule has 0 heterocycles. The normalized spacial score (nSPS) is 24.9. The van der Waals surface area contributed by atoms with Gasteiger partial charge in [-0.3, -0.25) is 0 Å². The largest absolute Gasteiger partial charge is 0.500 e. The monoisotopic (exact) mass is 432 g/mol. The molecule has 4 unspecified atom stereocenters. The van der Waals surface area contributed by atoms with Crippen molar-refractivity contribution in [1.29, 1.82) is 0 Å². The number of carbonyl (C=O) groups is 2. The number of hydrogen-bond donors (Lipinski definition) is 0. The van der Waals surface area contributed by atoms with Crippen molar-refractivity contribution in [2.75, 3.05) is 28.4 Å². The van der Waals surface area contributed by atoms with Gasteiger partial charge in [-0.25, -0.2) is 9.59 Å². The lowest BCUT2D eigenvalue weighted by atomic mass is 9.56. The summed E-state index contributed by atoms with van der Waals surface area (Å²) in [6, 6.07) is 16.0. The van der Waals surface area contributed by atoms with Crippen molar-refractivity contribution < 1.29 is 28.5 Å². The Morgan fingerprint density at radius 2 is 0.875 bits per heavy atom. The second-order valence-corrected chi connectivity index (χ2v) is 8.12. The van der Waals surface area contributed by atoms with Crippen LogP contribution in [0.15, 0.2) is 71.2 Å². The minimum atomic E-state index is -0.390. The average Bonchev–Trinajstić information content (AvgIpc) is 2.79. The van der Waals surface area contributed by atoms with E-state index in [4.69, 9.17) is 18.9 Å². The fourth-order valence-electron chi connectivity index (χ4n) is 5.70. The third kappa shape index (κ3) is 2.52. The number of rotatable bonds is 4. The zero-order chi connectivity index (χ0) is 22.6. The molecule has 0 bridgehead atoms. The van der Waals surface area contributed by atoms with Gasteiger partial charge in [-0.05, 0) is 22.3 Å². The summed E-state index contributed by atoms with van der Waals surface area (Å²) in [6.07, 6.45) is 0. The molecule has 0 aliphatic heterocycles. The lowest BCUT2D eigenvalue weighted by molar-refractivity contribution is -0.138. The molecule has 32 heavy (non-hydrogen) atoms. The number of methoxy groups -OCH3 is 4. The van der Waals surface area contributed by atoms with Crippen molar-refractivity contribution in [3.05, 3.63) is 93.4 Å². The van der Waals surface area contributed by atoms with E-state index in [1.54, 1.807) is 14.2 Å². The first-order chi connectivity index (χ1) is 15.6. The van der Waals surface area contributed by atoms with Crippen LogP contribution >= 0.6 is 0 Å². The predicted octanol–water partition coefficient (Wildman–Crippen LogP) is 3.91. The summed E-state index contributed by atoms with van der Waals surface area (Å²) < 4.78 is 21.7. The van der Waals surface area contributed by atoms with Crippen LogP contribution in [-0.2, 0) is 28.5 Å². The fraction of sp³-hybridized carbons (Fsp3) is 0.308. The summed E-state index contributed by atoms with van der Waals surface area (Å²) in [6.45, 7) is 0. The van der Waals surface area contributed by atoms with Gasteiger partial charge in [0, 0.05) is 11.8 Å². The molecule has 164 valence electrons. The average molecular weight is 432 g/mol. The zero-order valence-corrected chi connectivity index (χ0v) is 18.4. The van der Waals surface area contributed by atoms with E-state index in [0.717, 1.165) is 22.3 Å². The predicted molar refractivity (Wildman–Crippen MR) is 116 cm³/mol. The van der Waals surface area contributed by atoms with E-state index in [-0.39, 0.29) is 35.6 Å². The summed E-state index contributed by atoms with van der Waals surface area (Å²) in [7, 11) is 5.93. The number of allylic oxidation sites excluding steroid dienone is 2. The third-order valence-electron chi connectivity index (χ3n) is 6.97. The molecule has 2 aromatic carbocycles. The fourth-order valence-corrected chi connectivity index (χ4v) is 5.70. The van der Waals surface area contributed by atoms with Crippen LogP contribution in [0.2, 0.25) is 0 Å². The topological polar surface area (TPSA) is 71.1 Å². The lowest BCUT2D eigenvalue weighted by Gasteiger charge is -2.48. The Bertz CT molecular complexity index is 1100. The van der Waals surface area contributed by atoms with E-state index < -0.39 is 0 Å². The van der Waals surface area contributed by atoms with Crippen LogP contribution in [0.25, 0.3) is 0 Å². The van der Waals surface area contributed by atoms with Gasteiger partial charge in [0.1, 0.15) is 11.5 Å². The number of carbonyl (C=O) groups excluding carboxylic acids is 2. The van der Waals surface area contributed by atoms with E-state index in [9.17, 15) is 9.59 Å². The maximum Gasteiger partial charge on any atom is 0.337 e. The van der Waals surface area contributed by atoms with Gasteiger partial charge in [-0.15, -0.1) is 0 Å². The van der Waals surface area contributed by atoms with Crippen LogP contribution in [0.1, 0.15) is 45.9 Å². The van der Waals surface area contributed by atoms with Crippen molar-refractivity contribution in [3.8, 4) is 0 Å². The van der Waals surface area contributed by atoms with Crippen LogP contribution in [-0.4, -0.2) is 40.4 Å². The summed E-state index contributed by atoms with van der Waals surface area (Å²) in [4.78, 5) is 25.5. The van der Waals surface area contributed by atoms with E-state index in [1.165, 1.54) is 14.2 Å². The van der Waals surface area contributed by atoms with Gasteiger partial charge in [-0.1, -0.05) is 48.5 Å². The van der Waals surface area contributed by atoms with Gasteiger partial charge in [0.15, 0.2) is 0 Å². The molecule has 6 heteroatoms. The molecule has 0 radical (unpaired) electrons. The molecule has 2 aromatic rings. The Morgan fingerprint density at radius 3 is 1.16 bits per heavy atom. The zero-order valence-electron chi connectivity index (χ0n) is 18.4. The summed E-state index contributed by atoms with van der Waals surface area (Å²) in [5, 5.41) is 0. The van der Waals surface area contributed by atoms with Crippen LogP contribution in [0, 0.1) is 0 Å². The number of benzene rings is 2. The minimum absolute atomic E-state index is 0.155. The van der Waals surface area contributed by atoms with Crippen molar-refractivity contribution in [1.82, 2.24) is 0 Å². The lowest BCUT2D eigenvalue weighted by Crippen LogP contribution is -2.40. The maximum atomic E-state index is 12.7. The third-order valence-corrected chi connectivity index (χ3v) is 6.97. The maximum absolute atomic E-state index is 12.7. The van der Waals surface area contributed by atoms with Crippen molar-refractivity contribution >= 4 is 11.9 Å². The standard InChI is InChI=1S/C26H24O6/c1-29-23-19-15-11-7-5-9-13(15)18-20(24(30-2)22(18)26(28)32-4)16-12-8-6-10-14(16)17(19)21(23)25(27)31-3/h5-12,17-20H,1-4H3. The highest BCUT2D eigenvalue weighted by molar-refractivity contribution is 5.96. The molecular formula is C26H24O6. The number of esters is 2. The van der Waals surface area contributed by atoms with Crippen LogP contribution in [0.5, 0.6) is 0 Å². The van der Waals surface area contributed by atoms with Crippen molar-refractivity contribution in [2.45, 2.75) is 23.7 Å². The van der Waals surface area contributed by atoms with Gasteiger partial charge in [0.2, 0.25) is 0 Å². The number of hydrogen-bond acceptors (Lipinski definition) is 6. The molecule has 3 aliphatic rings. The van der Waals surface area contributed by atoms with Crippen LogP contribution < -0.4 is 0 Å². The molecule has 0 amide bonds. The quantitative estimate of drug-likeness (QED) is 0.683. The molecule has 0 aromatic heterocycles. The molecule has 0 N–H and O–H groups in total. The highest BCUT2D eigenvalue weighted by Crippen LogP contribution is 2.64. The van der Waals surface area contributed by atoms with Crippen LogP contribution in [0.4, 0.5) is 0 Å². The number of fused-ring (bicyclic) bond motifs is 8. The highest BCUT2D eigenvalue weighted by Gasteiger charge is 2.56. The first kappa shape index (κ1) is 20.4. The number of ether oxygens (including phenoxy) is 4. The minimum Gasteiger partial charge on any atom is -0.500 e. The summed E-state index contributed by atoms with van der Waals surface area (Å²) in [5.74, 6) is -0.296. The summed E-state index contributed by atoms with van der Waals surface area (Å²) in [5.41, 5.74) is 5.17. The molecule has 4 atom stereocenters. The molecular weight excluding hydrogens is 408 g/mol. The summed E-state index contributed by atoms with van der Waals surface area (Å²) >= 11 is 0.